The number of hydrogen-bond acceptors (Lipinski definition) is 4. The largest absolute Gasteiger partial charge is 0.384 e. The number of nitrogens with two attached hydrogens (primary N) is 1. The van der Waals surface area contributed by atoms with E-state index >= 15 is 0 Å². The van der Waals surface area contributed by atoms with Gasteiger partial charge in [-0.2, -0.15) is 12.6 Å². The first kappa shape index (κ1) is 17.3. The molecule has 1 unspecified atom stereocenters. The SMILES string of the molecule is Nc1cc(C(S)c2ccccc2C(=O)Nc2ccc(Cl)cc2)ccn1. The first-order valence-electron chi connectivity index (χ1n) is 7.60. The molecular formula is C19H16ClN3OS. The Morgan fingerprint density at radius 3 is 2.56 bits per heavy atom. The molecule has 3 N–H and O–H groups in total. The molecule has 1 aromatic heterocycles. The molecule has 1 amide bonds. The summed E-state index contributed by atoms with van der Waals surface area (Å²) in [6.07, 6.45) is 1.63. The summed E-state index contributed by atoms with van der Waals surface area (Å²) in [5, 5.41) is 3.20. The normalized spacial score (nSPS) is 11.8. The van der Waals surface area contributed by atoms with Gasteiger partial charge in [-0.15, -0.1) is 0 Å². The van der Waals surface area contributed by atoms with Crippen molar-refractivity contribution in [1.29, 1.82) is 0 Å². The number of nitrogens with zero attached hydrogens (tertiary/aromatic N) is 1. The summed E-state index contributed by atoms with van der Waals surface area (Å²) in [5.74, 6) is 0.207. The van der Waals surface area contributed by atoms with Crippen LogP contribution < -0.4 is 11.1 Å². The van der Waals surface area contributed by atoms with Crippen LogP contribution in [-0.4, -0.2) is 10.9 Å². The Morgan fingerprint density at radius 1 is 1.12 bits per heavy atom. The summed E-state index contributed by atoms with van der Waals surface area (Å²) in [6.45, 7) is 0. The van der Waals surface area contributed by atoms with Gasteiger partial charge in [-0.25, -0.2) is 4.98 Å². The Morgan fingerprint density at radius 2 is 1.84 bits per heavy atom. The minimum atomic E-state index is -0.294. The molecule has 0 spiro atoms. The van der Waals surface area contributed by atoms with E-state index in [0.717, 1.165) is 11.1 Å². The van der Waals surface area contributed by atoms with E-state index in [0.29, 0.717) is 22.1 Å². The minimum absolute atomic E-state index is 0.209. The molecule has 0 aliphatic heterocycles. The first-order valence-corrected chi connectivity index (χ1v) is 8.49. The van der Waals surface area contributed by atoms with Gasteiger partial charge in [0.05, 0.1) is 5.25 Å². The van der Waals surface area contributed by atoms with Gasteiger partial charge in [0.2, 0.25) is 0 Å². The summed E-state index contributed by atoms with van der Waals surface area (Å²) < 4.78 is 0. The van der Waals surface area contributed by atoms with Crippen molar-refractivity contribution in [3.05, 3.63) is 88.6 Å². The Labute approximate surface area is 156 Å². The third-order valence-corrected chi connectivity index (χ3v) is 4.55. The molecule has 2 aromatic carbocycles. The van der Waals surface area contributed by atoms with E-state index in [1.807, 2.05) is 24.3 Å². The number of amides is 1. The fourth-order valence-electron chi connectivity index (χ4n) is 2.49. The first-order chi connectivity index (χ1) is 12.0. The second-order valence-electron chi connectivity index (χ2n) is 5.46. The molecule has 1 atom stereocenters. The van der Waals surface area contributed by atoms with Crippen molar-refractivity contribution in [1.82, 2.24) is 4.98 Å². The van der Waals surface area contributed by atoms with Crippen LogP contribution in [-0.2, 0) is 0 Å². The number of aromatic nitrogens is 1. The van der Waals surface area contributed by atoms with Gasteiger partial charge in [0.1, 0.15) is 5.82 Å². The van der Waals surface area contributed by atoms with E-state index in [2.05, 4.69) is 22.9 Å². The van der Waals surface area contributed by atoms with Crippen LogP contribution in [0.15, 0.2) is 66.9 Å². The van der Waals surface area contributed by atoms with Gasteiger partial charge in [0.15, 0.2) is 0 Å². The molecular weight excluding hydrogens is 354 g/mol. The van der Waals surface area contributed by atoms with Crippen molar-refractivity contribution < 1.29 is 4.79 Å². The predicted octanol–water partition coefficient (Wildman–Crippen LogP) is 4.59. The maximum Gasteiger partial charge on any atom is 0.255 e. The third kappa shape index (κ3) is 4.13. The quantitative estimate of drug-likeness (QED) is 0.589. The Kier molecular flexibility index (Phi) is 5.26. The Hall–Kier alpha value is -2.50. The van der Waals surface area contributed by atoms with E-state index < -0.39 is 0 Å². The second kappa shape index (κ2) is 7.59. The summed E-state index contributed by atoms with van der Waals surface area (Å²) in [6, 6.07) is 17.9. The van der Waals surface area contributed by atoms with Crippen molar-refractivity contribution in [2.75, 3.05) is 11.1 Å². The Balaban J connectivity index is 1.90. The van der Waals surface area contributed by atoms with E-state index in [1.54, 1.807) is 42.6 Å². The number of halogens is 1. The number of benzene rings is 2. The maximum atomic E-state index is 12.7. The van der Waals surface area contributed by atoms with Crippen LogP contribution in [0.1, 0.15) is 26.7 Å². The van der Waals surface area contributed by atoms with Gasteiger partial charge < -0.3 is 11.1 Å². The number of rotatable bonds is 4. The molecule has 0 bridgehead atoms. The highest BCUT2D eigenvalue weighted by molar-refractivity contribution is 7.80. The van der Waals surface area contributed by atoms with Crippen LogP contribution in [0.2, 0.25) is 5.02 Å². The summed E-state index contributed by atoms with van der Waals surface area (Å²) >= 11 is 10.6. The molecule has 4 nitrogen and oxygen atoms in total. The van der Waals surface area contributed by atoms with Gasteiger partial charge >= 0.3 is 0 Å². The van der Waals surface area contributed by atoms with Gasteiger partial charge in [-0.05, 0) is 53.6 Å². The zero-order chi connectivity index (χ0) is 17.8. The lowest BCUT2D eigenvalue weighted by atomic mass is 9.99. The molecule has 0 saturated carbocycles. The Bertz CT molecular complexity index is 899. The molecule has 0 aliphatic rings. The third-order valence-electron chi connectivity index (χ3n) is 3.72. The number of nitrogen functional groups attached to an aromatic ring is 1. The van der Waals surface area contributed by atoms with Crippen LogP contribution in [0, 0.1) is 0 Å². The second-order valence-corrected chi connectivity index (χ2v) is 6.42. The number of anilines is 2. The van der Waals surface area contributed by atoms with Gasteiger partial charge in [-0.1, -0.05) is 29.8 Å². The van der Waals surface area contributed by atoms with Crippen LogP contribution in [0.4, 0.5) is 11.5 Å². The smallest absolute Gasteiger partial charge is 0.255 e. The predicted molar refractivity (Wildman–Crippen MR) is 105 cm³/mol. The molecule has 6 heteroatoms. The number of thiol groups is 1. The monoisotopic (exact) mass is 369 g/mol. The topological polar surface area (TPSA) is 68.0 Å². The summed E-state index contributed by atoms with van der Waals surface area (Å²) in [4.78, 5) is 16.7. The molecule has 3 rings (SSSR count). The van der Waals surface area contributed by atoms with E-state index in [1.165, 1.54) is 0 Å². The van der Waals surface area contributed by atoms with E-state index in [-0.39, 0.29) is 11.2 Å². The highest BCUT2D eigenvalue weighted by atomic mass is 35.5. The molecule has 126 valence electrons. The summed E-state index contributed by atoms with van der Waals surface area (Å²) in [7, 11) is 0. The summed E-state index contributed by atoms with van der Waals surface area (Å²) in [5.41, 5.74) is 8.65. The number of hydrogen-bond donors (Lipinski definition) is 3. The van der Waals surface area contributed by atoms with Crippen LogP contribution >= 0.6 is 24.2 Å². The van der Waals surface area contributed by atoms with Crippen LogP contribution in [0.3, 0.4) is 0 Å². The highest BCUT2D eigenvalue weighted by Crippen LogP contribution is 2.31. The lowest BCUT2D eigenvalue weighted by molar-refractivity contribution is 0.102. The van der Waals surface area contributed by atoms with Crippen LogP contribution in [0.25, 0.3) is 0 Å². The maximum absolute atomic E-state index is 12.7. The highest BCUT2D eigenvalue weighted by Gasteiger charge is 2.18. The van der Waals surface area contributed by atoms with Crippen LogP contribution in [0.5, 0.6) is 0 Å². The van der Waals surface area contributed by atoms with Crippen molar-refractivity contribution >= 4 is 41.6 Å². The fourth-order valence-corrected chi connectivity index (χ4v) is 3.00. The van der Waals surface area contributed by atoms with Crippen molar-refractivity contribution in [2.45, 2.75) is 5.25 Å². The van der Waals surface area contributed by atoms with Gasteiger partial charge in [0, 0.05) is 22.5 Å². The molecule has 0 radical (unpaired) electrons. The van der Waals surface area contributed by atoms with Crippen molar-refractivity contribution in [3.63, 3.8) is 0 Å². The minimum Gasteiger partial charge on any atom is -0.384 e. The molecule has 0 fully saturated rings. The number of nitrogens with one attached hydrogen (secondary N) is 1. The fraction of sp³-hybridized carbons (Fsp3) is 0.0526. The number of pyridine rings is 1. The van der Waals surface area contributed by atoms with Crippen molar-refractivity contribution in [2.24, 2.45) is 0 Å². The average molecular weight is 370 g/mol. The average Bonchev–Trinajstić information content (AvgIpc) is 2.63. The number of carbonyl (C=O) groups is 1. The van der Waals surface area contributed by atoms with Gasteiger partial charge in [-0.3, -0.25) is 4.79 Å². The molecule has 0 saturated heterocycles. The van der Waals surface area contributed by atoms with E-state index in [9.17, 15) is 4.79 Å². The molecule has 0 aliphatic carbocycles. The van der Waals surface area contributed by atoms with Gasteiger partial charge in [0.25, 0.3) is 5.91 Å². The van der Waals surface area contributed by atoms with Crippen molar-refractivity contribution in [3.8, 4) is 0 Å². The molecule has 3 aromatic rings. The molecule has 25 heavy (non-hydrogen) atoms. The molecule has 1 heterocycles. The van der Waals surface area contributed by atoms with E-state index in [4.69, 9.17) is 17.3 Å². The lowest BCUT2D eigenvalue weighted by Gasteiger charge is -2.16. The lowest BCUT2D eigenvalue weighted by Crippen LogP contribution is -2.15. The zero-order valence-corrected chi connectivity index (χ0v) is 14.8. The zero-order valence-electron chi connectivity index (χ0n) is 13.2. The standard InChI is InChI=1S/C19H16ClN3OS/c20-13-5-7-14(8-6-13)23-19(24)16-4-2-1-3-15(16)18(25)12-9-10-22-17(21)11-12/h1-11,18,25H,(H2,21,22)(H,23,24). The number of carbonyl (C=O) groups excluding carboxylic acids is 1.